The number of benzene rings is 1. The second-order valence-corrected chi connectivity index (χ2v) is 5.07. The van der Waals surface area contributed by atoms with Crippen LogP contribution in [0.4, 0.5) is 0 Å². The summed E-state index contributed by atoms with van der Waals surface area (Å²) >= 11 is 0. The van der Waals surface area contributed by atoms with Gasteiger partial charge in [0.05, 0.1) is 12.5 Å². The van der Waals surface area contributed by atoms with Gasteiger partial charge < -0.3 is 15.4 Å². The second kappa shape index (κ2) is 6.17. The highest BCUT2D eigenvalue weighted by molar-refractivity contribution is 5.83. The maximum absolute atomic E-state index is 12.3. The first-order valence-corrected chi connectivity index (χ1v) is 6.79. The molecular formula is C15H22N2O2. The van der Waals surface area contributed by atoms with Crippen molar-refractivity contribution >= 4 is 5.97 Å². The number of methoxy groups -OCH3 is 1. The SMILES string of the molecule is COC(=O)C1(c2ccccc2)CCN(CCN)CC1. The third-order valence-electron chi connectivity index (χ3n) is 4.06. The molecule has 1 saturated heterocycles. The van der Waals surface area contributed by atoms with Gasteiger partial charge in [-0.25, -0.2) is 0 Å². The Morgan fingerprint density at radius 2 is 1.95 bits per heavy atom. The highest BCUT2D eigenvalue weighted by Crippen LogP contribution is 2.36. The van der Waals surface area contributed by atoms with Gasteiger partial charge in [-0.05, 0) is 31.5 Å². The van der Waals surface area contributed by atoms with E-state index in [1.807, 2.05) is 30.3 Å². The number of hydrogen-bond acceptors (Lipinski definition) is 4. The van der Waals surface area contributed by atoms with E-state index in [0.717, 1.165) is 38.0 Å². The fraction of sp³-hybridized carbons (Fsp3) is 0.533. The summed E-state index contributed by atoms with van der Waals surface area (Å²) in [6.07, 6.45) is 1.59. The lowest BCUT2D eigenvalue weighted by Gasteiger charge is -2.40. The summed E-state index contributed by atoms with van der Waals surface area (Å²) in [4.78, 5) is 14.6. The first kappa shape index (κ1) is 14.0. The third-order valence-corrected chi connectivity index (χ3v) is 4.06. The van der Waals surface area contributed by atoms with Crippen LogP contribution in [0.25, 0.3) is 0 Å². The van der Waals surface area contributed by atoms with Gasteiger partial charge in [-0.1, -0.05) is 30.3 Å². The Morgan fingerprint density at radius 3 is 2.47 bits per heavy atom. The van der Waals surface area contributed by atoms with Crippen molar-refractivity contribution in [2.45, 2.75) is 18.3 Å². The summed E-state index contributed by atoms with van der Waals surface area (Å²) in [5.74, 6) is -0.119. The number of esters is 1. The molecule has 1 fully saturated rings. The zero-order valence-electron chi connectivity index (χ0n) is 11.5. The summed E-state index contributed by atoms with van der Waals surface area (Å²) in [6.45, 7) is 3.34. The lowest BCUT2D eigenvalue weighted by molar-refractivity contribution is -0.149. The van der Waals surface area contributed by atoms with Crippen LogP contribution in [0.3, 0.4) is 0 Å². The van der Waals surface area contributed by atoms with Gasteiger partial charge in [0.2, 0.25) is 0 Å². The van der Waals surface area contributed by atoms with Crippen molar-refractivity contribution in [3.63, 3.8) is 0 Å². The molecule has 0 bridgehead atoms. The molecule has 1 aliphatic rings. The van der Waals surface area contributed by atoms with Crippen LogP contribution in [0.1, 0.15) is 18.4 Å². The fourth-order valence-electron chi connectivity index (χ4n) is 2.90. The molecule has 2 rings (SSSR count). The molecule has 0 unspecified atom stereocenters. The van der Waals surface area contributed by atoms with Crippen molar-refractivity contribution in [3.05, 3.63) is 35.9 Å². The van der Waals surface area contributed by atoms with E-state index in [1.165, 1.54) is 7.11 Å². The maximum Gasteiger partial charge on any atom is 0.316 e. The molecule has 0 aliphatic carbocycles. The highest BCUT2D eigenvalue weighted by atomic mass is 16.5. The lowest BCUT2D eigenvalue weighted by atomic mass is 9.72. The molecule has 2 N–H and O–H groups in total. The summed E-state index contributed by atoms with van der Waals surface area (Å²) in [5, 5.41) is 0. The van der Waals surface area contributed by atoms with Crippen molar-refractivity contribution in [1.29, 1.82) is 0 Å². The average molecular weight is 262 g/mol. The van der Waals surface area contributed by atoms with E-state index in [2.05, 4.69) is 4.90 Å². The van der Waals surface area contributed by atoms with E-state index < -0.39 is 5.41 Å². The predicted octanol–water partition coefficient (Wildman–Crippen LogP) is 1.15. The minimum Gasteiger partial charge on any atom is -0.468 e. The molecule has 1 heterocycles. The monoisotopic (exact) mass is 262 g/mol. The molecule has 0 amide bonds. The molecule has 1 aromatic carbocycles. The highest BCUT2D eigenvalue weighted by Gasteiger charge is 2.43. The second-order valence-electron chi connectivity index (χ2n) is 5.07. The van der Waals surface area contributed by atoms with E-state index >= 15 is 0 Å². The molecule has 1 aromatic rings. The number of carbonyl (C=O) groups excluding carboxylic acids is 1. The summed E-state index contributed by atoms with van der Waals surface area (Å²) in [6, 6.07) is 9.97. The molecule has 0 spiro atoms. The summed E-state index contributed by atoms with van der Waals surface area (Å²) in [5.41, 5.74) is 6.17. The number of likely N-dealkylation sites (tertiary alicyclic amines) is 1. The number of piperidine rings is 1. The zero-order valence-corrected chi connectivity index (χ0v) is 11.5. The molecule has 104 valence electrons. The molecule has 0 aromatic heterocycles. The van der Waals surface area contributed by atoms with Gasteiger partial charge in [0, 0.05) is 13.1 Å². The van der Waals surface area contributed by atoms with Gasteiger partial charge in [0.1, 0.15) is 0 Å². The normalized spacial score (nSPS) is 19.1. The summed E-state index contributed by atoms with van der Waals surface area (Å²) in [7, 11) is 1.47. The van der Waals surface area contributed by atoms with Crippen LogP contribution in [0.15, 0.2) is 30.3 Å². The van der Waals surface area contributed by atoms with E-state index in [4.69, 9.17) is 10.5 Å². The van der Waals surface area contributed by atoms with Crippen LogP contribution >= 0.6 is 0 Å². The minimum absolute atomic E-state index is 0.119. The van der Waals surface area contributed by atoms with Crippen molar-refractivity contribution in [3.8, 4) is 0 Å². The van der Waals surface area contributed by atoms with Crippen LogP contribution in [0.5, 0.6) is 0 Å². The van der Waals surface area contributed by atoms with Crippen LogP contribution < -0.4 is 5.73 Å². The molecule has 0 saturated carbocycles. The molecular weight excluding hydrogens is 240 g/mol. The van der Waals surface area contributed by atoms with Crippen molar-refractivity contribution in [2.24, 2.45) is 5.73 Å². The molecule has 4 heteroatoms. The Kier molecular flexibility index (Phi) is 4.56. The van der Waals surface area contributed by atoms with Gasteiger partial charge in [-0.2, -0.15) is 0 Å². The standard InChI is InChI=1S/C15H22N2O2/c1-19-14(18)15(13-5-3-2-4-6-13)7-10-17(11-8-15)12-9-16/h2-6H,7-12,16H2,1H3. The first-order valence-electron chi connectivity index (χ1n) is 6.79. The fourth-order valence-corrected chi connectivity index (χ4v) is 2.90. The molecule has 1 aliphatic heterocycles. The maximum atomic E-state index is 12.3. The van der Waals surface area contributed by atoms with Gasteiger partial charge >= 0.3 is 5.97 Å². The topological polar surface area (TPSA) is 55.6 Å². The van der Waals surface area contributed by atoms with Crippen molar-refractivity contribution < 1.29 is 9.53 Å². The molecule has 0 radical (unpaired) electrons. The Morgan fingerprint density at radius 1 is 1.32 bits per heavy atom. The number of rotatable bonds is 4. The lowest BCUT2D eigenvalue weighted by Crippen LogP contribution is -2.48. The molecule has 4 nitrogen and oxygen atoms in total. The van der Waals surface area contributed by atoms with E-state index in [1.54, 1.807) is 0 Å². The predicted molar refractivity (Wildman–Crippen MR) is 74.9 cm³/mol. The number of carbonyl (C=O) groups is 1. The largest absolute Gasteiger partial charge is 0.468 e. The van der Waals surface area contributed by atoms with Crippen LogP contribution in [-0.2, 0) is 14.9 Å². The third kappa shape index (κ3) is 2.80. The van der Waals surface area contributed by atoms with Gasteiger partial charge in [-0.15, -0.1) is 0 Å². The Bertz CT molecular complexity index is 411. The van der Waals surface area contributed by atoms with Crippen molar-refractivity contribution in [1.82, 2.24) is 4.90 Å². The number of nitrogens with two attached hydrogens (primary N) is 1. The van der Waals surface area contributed by atoms with Crippen LogP contribution in [-0.4, -0.2) is 44.2 Å². The summed E-state index contributed by atoms with van der Waals surface area (Å²) < 4.78 is 5.06. The number of nitrogens with zero attached hydrogens (tertiary/aromatic N) is 1. The van der Waals surface area contributed by atoms with Gasteiger partial charge in [0.15, 0.2) is 0 Å². The van der Waals surface area contributed by atoms with E-state index in [9.17, 15) is 4.79 Å². The first-order chi connectivity index (χ1) is 9.23. The average Bonchev–Trinajstić information content (AvgIpc) is 2.48. The van der Waals surface area contributed by atoms with E-state index in [-0.39, 0.29) is 5.97 Å². The van der Waals surface area contributed by atoms with Crippen LogP contribution in [0.2, 0.25) is 0 Å². The van der Waals surface area contributed by atoms with Gasteiger partial charge in [-0.3, -0.25) is 4.79 Å². The van der Waals surface area contributed by atoms with Crippen molar-refractivity contribution in [2.75, 3.05) is 33.3 Å². The number of hydrogen-bond donors (Lipinski definition) is 1. The van der Waals surface area contributed by atoms with E-state index in [0.29, 0.717) is 6.54 Å². The van der Waals surface area contributed by atoms with Crippen LogP contribution in [0, 0.1) is 0 Å². The smallest absolute Gasteiger partial charge is 0.316 e. The Labute approximate surface area is 114 Å². The minimum atomic E-state index is -0.485. The Balaban J connectivity index is 2.22. The van der Waals surface area contributed by atoms with Gasteiger partial charge in [0.25, 0.3) is 0 Å². The Hall–Kier alpha value is -1.39. The zero-order chi connectivity index (χ0) is 13.7. The molecule has 19 heavy (non-hydrogen) atoms. The quantitative estimate of drug-likeness (QED) is 0.827. The number of ether oxygens (including phenoxy) is 1. The molecule has 0 atom stereocenters.